The topological polar surface area (TPSA) is 80.5 Å². The molecular weight excluding hydrogens is 398 g/mol. The minimum Gasteiger partial charge on any atom is -0.366 e. The van der Waals surface area contributed by atoms with Crippen LogP contribution >= 0.6 is 0 Å². The number of hydrogen-bond donors (Lipinski definition) is 1. The van der Waals surface area contributed by atoms with Crippen molar-refractivity contribution in [2.45, 2.75) is 18.0 Å². The molecule has 2 N–H and O–H groups in total. The van der Waals surface area contributed by atoms with E-state index >= 15 is 0 Å². The highest BCUT2D eigenvalue weighted by molar-refractivity contribution is 7.89. The Balaban J connectivity index is 2.02. The van der Waals surface area contributed by atoms with E-state index in [1.54, 1.807) is 42.5 Å². The molecule has 0 aliphatic carbocycles. The maximum absolute atomic E-state index is 14.2. The third-order valence-electron chi connectivity index (χ3n) is 4.28. The van der Waals surface area contributed by atoms with Crippen molar-refractivity contribution in [3.63, 3.8) is 0 Å². The van der Waals surface area contributed by atoms with Crippen LogP contribution in [0.3, 0.4) is 0 Å². The predicted molar refractivity (Wildman–Crippen MR) is 104 cm³/mol. The number of nitrogens with two attached hydrogens (primary N) is 1. The Bertz CT molecular complexity index is 1140. The molecule has 3 rings (SSSR count). The molecule has 8 heteroatoms. The second-order valence-electron chi connectivity index (χ2n) is 6.40. The average molecular weight is 416 g/mol. The molecule has 3 aromatic rings. The van der Waals surface area contributed by atoms with Gasteiger partial charge in [0.25, 0.3) is 0 Å². The molecule has 150 valence electrons. The summed E-state index contributed by atoms with van der Waals surface area (Å²) in [6.45, 7) is -0.171. The van der Waals surface area contributed by atoms with Crippen molar-refractivity contribution in [3.8, 4) is 0 Å². The molecule has 0 heterocycles. The molecule has 0 saturated heterocycles. The Morgan fingerprint density at radius 1 is 0.862 bits per heavy atom. The molecule has 3 aromatic carbocycles. The van der Waals surface area contributed by atoms with Gasteiger partial charge < -0.3 is 5.73 Å². The zero-order valence-corrected chi connectivity index (χ0v) is 16.1. The van der Waals surface area contributed by atoms with Crippen LogP contribution in [0.5, 0.6) is 0 Å². The van der Waals surface area contributed by atoms with E-state index in [-0.39, 0.29) is 18.7 Å². The smallest absolute Gasteiger partial charge is 0.248 e. The van der Waals surface area contributed by atoms with Gasteiger partial charge in [0.15, 0.2) is 0 Å². The van der Waals surface area contributed by atoms with Crippen molar-refractivity contribution in [1.29, 1.82) is 0 Å². The quantitative estimate of drug-likeness (QED) is 0.641. The number of halogens is 2. The van der Waals surface area contributed by atoms with Crippen LogP contribution in [0.1, 0.15) is 21.5 Å². The number of amides is 1. The molecule has 0 aromatic heterocycles. The van der Waals surface area contributed by atoms with Crippen LogP contribution in [-0.2, 0) is 23.1 Å². The summed E-state index contributed by atoms with van der Waals surface area (Å²) in [7, 11) is -4.30. The lowest BCUT2D eigenvalue weighted by Crippen LogP contribution is -2.31. The Kier molecular flexibility index (Phi) is 6.05. The summed E-state index contributed by atoms with van der Waals surface area (Å²) in [5.74, 6) is -2.69. The lowest BCUT2D eigenvalue weighted by atomic mass is 10.1. The number of carbonyl (C=O) groups excluding carboxylic acids is 1. The number of sulfonamides is 1. The summed E-state index contributed by atoms with van der Waals surface area (Å²) in [4.78, 5) is 10.8. The Labute approximate surface area is 167 Å². The van der Waals surface area contributed by atoms with E-state index in [1.807, 2.05) is 0 Å². The lowest BCUT2D eigenvalue weighted by Gasteiger charge is -2.23. The highest BCUT2D eigenvalue weighted by atomic mass is 32.2. The Morgan fingerprint density at radius 3 is 2.17 bits per heavy atom. The second kappa shape index (κ2) is 8.50. The first-order chi connectivity index (χ1) is 13.8. The minimum absolute atomic E-state index is 0.0409. The Hall–Kier alpha value is -3.10. The third kappa shape index (κ3) is 4.85. The fraction of sp³-hybridized carbons (Fsp3) is 0.0952. The van der Waals surface area contributed by atoms with Gasteiger partial charge in [-0.15, -0.1) is 0 Å². The minimum atomic E-state index is -4.30. The van der Waals surface area contributed by atoms with Crippen molar-refractivity contribution < 1.29 is 22.0 Å². The molecule has 0 aliphatic heterocycles. The molecule has 0 fully saturated rings. The van der Waals surface area contributed by atoms with Crippen LogP contribution in [0.2, 0.25) is 0 Å². The molecule has 0 spiro atoms. The van der Waals surface area contributed by atoms with E-state index in [9.17, 15) is 22.0 Å². The summed E-state index contributed by atoms with van der Waals surface area (Å²) in [5, 5.41) is 0. The molecule has 0 radical (unpaired) electrons. The van der Waals surface area contributed by atoms with Gasteiger partial charge in [-0.05, 0) is 35.4 Å². The first-order valence-electron chi connectivity index (χ1n) is 8.65. The van der Waals surface area contributed by atoms with E-state index in [0.717, 1.165) is 16.4 Å². The van der Waals surface area contributed by atoms with Gasteiger partial charge in [0.2, 0.25) is 15.9 Å². The SMILES string of the molecule is NC(=O)c1cccc(CN(Cc2ccccc2)S(=O)(=O)c2ccc(F)cc2F)c1. The van der Waals surface area contributed by atoms with Crippen molar-refractivity contribution in [2.75, 3.05) is 0 Å². The summed E-state index contributed by atoms with van der Waals surface area (Å²) >= 11 is 0. The maximum atomic E-state index is 14.2. The predicted octanol–water partition coefficient (Wildman–Crippen LogP) is 3.45. The first kappa shape index (κ1) is 20.6. The van der Waals surface area contributed by atoms with Crippen molar-refractivity contribution >= 4 is 15.9 Å². The average Bonchev–Trinajstić information content (AvgIpc) is 2.68. The number of primary amides is 1. The summed E-state index contributed by atoms with van der Waals surface area (Å²) in [6, 6.07) is 17.3. The number of nitrogens with zero attached hydrogens (tertiary/aromatic N) is 1. The molecule has 5 nitrogen and oxygen atoms in total. The van der Waals surface area contributed by atoms with Crippen LogP contribution in [-0.4, -0.2) is 18.6 Å². The largest absolute Gasteiger partial charge is 0.366 e. The fourth-order valence-electron chi connectivity index (χ4n) is 2.86. The maximum Gasteiger partial charge on any atom is 0.248 e. The number of benzene rings is 3. The summed E-state index contributed by atoms with van der Waals surface area (Å²) in [6.07, 6.45) is 0. The standard InChI is InChI=1S/C21H18F2N2O3S/c22-18-9-10-20(19(23)12-18)29(27,28)25(13-15-5-2-1-3-6-15)14-16-7-4-8-17(11-16)21(24)26/h1-12H,13-14H2,(H2,24,26). The fourth-order valence-corrected chi connectivity index (χ4v) is 4.32. The lowest BCUT2D eigenvalue weighted by molar-refractivity contribution is 0.1000. The van der Waals surface area contributed by atoms with E-state index in [1.165, 1.54) is 12.1 Å². The van der Waals surface area contributed by atoms with Gasteiger partial charge in [-0.1, -0.05) is 42.5 Å². The molecular formula is C21H18F2N2O3S. The van der Waals surface area contributed by atoms with Gasteiger partial charge in [-0.3, -0.25) is 4.79 Å². The molecule has 0 saturated carbocycles. The van der Waals surface area contributed by atoms with Gasteiger partial charge >= 0.3 is 0 Å². The molecule has 0 unspecified atom stereocenters. The van der Waals surface area contributed by atoms with Crippen LogP contribution < -0.4 is 5.73 Å². The molecule has 1 amide bonds. The van der Waals surface area contributed by atoms with E-state index in [4.69, 9.17) is 5.73 Å². The summed E-state index contributed by atoms with van der Waals surface area (Å²) in [5.41, 5.74) is 6.71. The zero-order chi connectivity index (χ0) is 21.0. The van der Waals surface area contributed by atoms with Gasteiger partial charge in [-0.25, -0.2) is 17.2 Å². The normalized spacial score (nSPS) is 11.6. The van der Waals surface area contributed by atoms with Crippen LogP contribution in [0.25, 0.3) is 0 Å². The van der Waals surface area contributed by atoms with Crippen LogP contribution in [0.15, 0.2) is 77.7 Å². The van der Waals surface area contributed by atoms with Gasteiger partial charge in [0.1, 0.15) is 16.5 Å². The van der Waals surface area contributed by atoms with Gasteiger partial charge in [0, 0.05) is 24.7 Å². The summed E-state index contributed by atoms with van der Waals surface area (Å²) < 4.78 is 54.9. The van der Waals surface area contributed by atoms with E-state index in [2.05, 4.69) is 0 Å². The van der Waals surface area contributed by atoms with Crippen LogP contribution in [0, 0.1) is 11.6 Å². The molecule has 0 atom stereocenters. The highest BCUT2D eigenvalue weighted by Crippen LogP contribution is 2.24. The second-order valence-corrected chi connectivity index (χ2v) is 8.30. The van der Waals surface area contributed by atoms with Gasteiger partial charge in [0.05, 0.1) is 0 Å². The monoisotopic (exact) mass is 416 g/mol. The zero-order valence-electron chi connectivity index (χ0n) is 15.3. The molecule has 0 aliphatic rings. The number of rotatable bonds is 7. The van der Waals surface area contributed by atoms with Crippen molar-refractivity contribution in [1.82, 2.24) is 4.31 Å². The van der Waals surface area contributed by atoms with E-state index in [0.29, 0.717) is 17.2 Å². The van der Waals surface area contributed by atoms with E-state index < -0.39 is 32.5 Å². The first-order valence-corrected chi connectivity index (χ1v) is 10.1. The molecule has 0 bridgehead atoms. The van der Waals surface area contributed by atoms with Crippen molar-refractivity contribution in [3.05, 3.63) is 101 Å². The molecule has 29 heavy (non-hydrogen) atoms. The third-order valence-corrected chi connectivity index (χ3v) is 6.11. The van der Waals surface area contributed by atoms with Crippen LogP contribution in [0.4, 0.5) is 8.78 Å². The van der Waals surface area contributed by atoms with Gasteiger partial charge in [-0.2, -0.15) is 4.31 Å². The number of carbonyl (C=O) groups is 1. The number of hydrogen-bond acceptors (Lipinski definition) is 3. The van der Waals surface area contributed by atoms with Crippen molar-refractivity contribution in [2.24, 2.45) is 5.73 Å². The highest BCUT2D eigenvalue weighted by Gasteiger charge is 2.28. The Morgan fingerprint density at radius 2 is 1.52 bits per heavy atom.